The number of carbonyl (C=O) groups is 1. The van der Waals surface area contributed by atoms with Crippen LogP contribution in [0.1, 0.15) is 35.4 Å². The summed E-state index contributed by atoms with van der Waals surface area (Å²) in [6, 6.07) is 8.28. The summed E-state index contributed by atoms with van der Waals surface area (Å²) in [6.45, 7) is 2.98. The lowest BCUT2D eigenvalue weighted by Gasteiger charge is -2.21. The highest BCUT2D eigenvalue weighted by Gasteiger charge is 2.21. The number of carbonyl (C=O) groups excluding carboxylic acids is 1. The number of aryl methyl sites for hydroxylation is 1. The molecule has 1 aromatic carbocycles. The van der Waals surface area contributed by atoms with E-state index < -0.39 is 0 Å². The van der Waals surface area contributed by atoms with Crippen LogP contribution < -0.4 is 10.6 Å². The number of piperidine rings is 1. The summed E-state index contributed by atoms with van der Waals surface area (Å²) in [5, 5.41) is 15.8. The van der Waals surface area contributed by atoms with Crippen molar-refractivity contribution in [3.63, 3.8) is 0 Å². The molecular weight excluding hydrogens is 296 g/mol. The zero-order valence-corrected chi connectivity index (χ0v) is 13.4. The van der Waals surface area contributed by atoms with Crippen LogP contribution >= 0.6 is 11.3 Å². The van der Waals surface area contributed by atoms with Gasteiger partial charge in [0.15, 0.2) is 0 Å². The van der Waals surface area contributed by atoms with Gasteiger partial charge in [0.1, 0.15) is 5.01 Å². The van der Waals surface area contributed by atoms with Gasteiger partial charge in [0, 0.05) is 6.42 Å². The summed E-state index contributed by atoms with van der Waals surface area (Å²) in [5.74, 6) is -0.00210. The Morgan fingerprint density at radius 1 is 1.32 bits per heavy atom. The van der Waals surface area contributed by atoms with Crippen LogP contribution in [0.5, 0.6) is 0 Å². The number of hydrogen-bond acceptors (Lipinski definition) is 5. The first-order valence-corrected chi connectivity index (χ1v) is 8.44. The van der Waals surface area contributed by atoms with Gasteiger partial charge in [-0.1, -0.05) is 47.6 Å². The first-order valence-electron chi connectivity index (χ1n) is 7.63. The van der Waals surface area contributed by atoms with E-state index in [1.54, 1.807) is 0 Å². The van der Waals surface area contributed by atoms with Gasteiger partial charge in [-0.2, -0.15) is 0 Å². The molecule has 0 radical (unpaired) electrons. The van der Waals surface area contributed by atoms with Crippen LogP contribution in [-0.4, -0.2) is 28.7 Å². The predicted molar refractivity (Wildman–Crippen MR) is 88.2 cm³/mol. The molecule has 2 N–H and O–H groups in total. The first-order chi connectivity index (χ1) is 10.7. The Hall–Kier alpha value is -1.79. The summed E-state index contributed by atoms with van der Waals surface area (Å²) >= 11 is 1.44. The normalized spacial score (nSPS) is 18.1. The van der Waals surface area contributed by atoms with Gasteiger partial charge in [-0.05, 0) is 31.9 Å². The zero-order valence-electron chi connectivity index (χ0n) is 12.6. The minimum Gasteiger partial charge on any atom is -0.306 e. The molecule has 6 heteroatoms. The van der Waals surface area contributed by atoms with Crippen LogP contribution in [-0.2, 0) is 11.2 Å². The molecule has 116 valence electrons. The molecule has 1 aromatic heterocycles. The maximum Gasteiger partial charge on any atom is 0.243 e. The third kappa shape index (κ3) is 3.90. The van der Waals surface area contributed by atoms with Gasteiger partial charge in [0.25, 0.3) is 0 Å². The van der Waals surface area contributed by atoms with Gasteiger partial charge in [0.2, 0.25) is 11.0 Å². The summed E-state index contributed by atoms with van der Waals surface area (Å²) in [5.41, 5.74) is 2.45. The quantitative estimate of drug-likeness (QED) is 0.909. The average molecular weight is 316 g/mol. The van der Waals surface area contributed by atoms with E-state index in [0.29, 0.717) is 5.13 Å². The topological polar surface area (TPSA) is 66.9 Å². The fraction of sp³-hybridized carbons (Fsp3) is 0.438. The van der Waals surface area contributed by atoms with Crippen molar-refractivity contribution < 1.29 is 4.79 Å². The van der Waals surface area contributed by atoms with E-state index in [1.807, 2.05) is 0 Å². The van der Waals surface area contributed by atoms with Gasteiger partial charge >= 0.3 is 0 Å². The zero-order chi connectivity index (χ0) is 15.4. The molecule has 22 heavy (non-hydrogen) atoms. The molecule has 1 aliphatic rings. The number of benzene rings is 1. The molecule has 0 aliphatic carbocycles. The van der Waals surface area contributed by atoms with Gasteiger partial charge in [0.05, 0.1) is 6.04 Å². The number of anilines is 1. The lowest BCUT2D eigenvalue weighted by Crippen LogP contribution is -2.43. The highest BCUT2D eigenvalue weighted by atomic mass is 32.1. The van der Waals surface area contributed by atoms with Gasteiger partial charge < -0.3 is 5.32 Å². The number of amides is 1. The molecule has 3 rings (SSSR count). The lowest BCUT2D eigenvalue weighted by molar-refractivity contribution is -0.118. The SMILES string of the molecule is Cc1ccc(Cc2nnc(NC(=O)C3CCCCN3)s2)cc1. The Labute approximate surface area is 134 Å². The standard InChI is InChI=1S/C16H20N4OS/c1-11-5-7-12(8-6-11)10-14-19-20-16(22-14)18-15(21)13-4-2-3-9-17-13/h5-8,13,17H,2-4,9-10H2,1H3,(H,18,20,21). The molecule has 5 nitrogen and oxygen atoms in total. The molecule has 0 spiro atoms. The van der Waals surface area contributed by atoms with Crippen LogP contribution in [0, 0.1) is 6.92 Å². The maximum absolute atomic E-state index is 12.1. The van der Waals surface area contributed by atoms with E-state index >= 15 is 0 Å². The number of aromatic nitrogens is 2. The average Bonchev–Trinajstić information content (AvgIpc) is 2.97. The van der Waals surface area contributed by atoms with Crippen molar-refractivity contribution in [1.82, 2.24) is 15.5 Å². The number of nitrogens with one attached hydrogen (secondary N) is 2. The van der Waals surface area contributed by atoms with E-state index in [1.165, 1.54) is 22.5 Å². The maximum atomic E-state index is 12.1. The second-order valence-corrected chi connectivity index (χ2v) is 6.72. The van der Waals surface area contributed by atoms with Crippen molar-refractivity contribution in [3.05, 3.63) is 40.4 Å². The van der Waals surface area contributed by atoms with Crippen molar-refractivity contribution in [2.45, 2.75) is 38.6 Å². The smallest absolute Gasteiger partial charge is 0.243 e. The molecule has 1 fully saturated rings. The van der Waals surface area contributed by atoms with Crippen molar-refractivity contribution >= 4 is 22.4 Å². The monoisotopic (exact) mass is 316 g/mol. The van der Waals surface area contributed by atoms with E-state index in [0.717, 1.165) is 37.2 Å². The fourth-order valence-corrected chi connectivity index (χ4v) is 3.30. The largest absolute Gasteiger partial charge is 0.306 e. The van der Waals surface area contributed by atoms with Crippen molar-refractivity contribution in [1.29, 1.82) is 0 Å². The summed E-state index contributed by atoms with van der Waals surface area (Å²) in [7, 11) is 0. The number of nitrogens with zero attached hydrogens (tertiary/aromatic N) is 2. The highest BCUT2D eigenvalue weighted by molar-refractivity contribution is 7.15. The van der Waals surface area contributed by atoms with Gasteiger partial charge in [-0.3, -0.25) is 10.1 Å². The minimum atomic E-state index is -0.0989. The van der Waals surface area contributed by atoms with E-state index in [-0.39, 0.29) is 11.9 Å². The van der Waals surface area contributed by atoms with Crippen molar-refractivity contribution in [2.24, 2.45) is 0 Å². The Morgan fingerprint density at radius 3 is 2.86 bits per heavy atom. The van der Waals surface area contributed by atoms with Crippen LogP contribution in [0.25, 0.3) is 0 Å². The first kappa shape index (κ1) is 15.1. The Balaban J connectivity index is 1.58. The Bertz CT molecular complexity index is 632. The molecule has 2 heterocycles. The lowest BCUT2D eigenvalue weighted by atomic mass is 10.0. The Kier molecular flexibility index (Phi) is 4.80. The number of rotatable bonds is 4. The predicted octanol–water partition coefficient (Wildman–Crippen LogP) is 2.52. The van der Waals surface area contributed by atoms with E-state index in [9.17, 15) is 4.79 Å². The molecule has 2 aromatic rings. The molecule has 1 aliphatic heterocycles. The van der Waals surface area contributed by atoms with Gasteiger partial charge in [-0.15, -0.1) is 10.2 Å². The van der Waals surface area contributed by atoms with E-state index in [2.05, 4.69) is 52.0 Å². The Morgan fingerprint density at radius 2 is 2.14 bits per heavy atom. The molecule has 1 unspecified atom stereocenters. The van der Waals surface area contributed by atoms with Crippen LogP contribution in [0.15, 0.2) is 24.3 Å². The van der Waals surface area contributed by atoms with Gasteiger partial charge in [-0.25, -0.2) is 0 Å². The van der Waals surface area contributed by atoms with Crippen LogP contribution in [0.4, 0.5) is 5.13 Å². The fourth-order valence-electron chi connectivity index (χ4n) is 2.52. The molecule has 0 bridgehead atoms. The molecule has 1 saturated heterocycles. The molecule has 1 atom stereocenters. The summed E-state index contributed by atoms with van der Waals surface area (Å²) in [4.78, 5) is 12.1. The third-order valence-corrected chi connectivity index (χ3v) is 4.64. The number of hydrogen-bond donors (Lipinski definition) is 2. The van der Waals surface area contributed by atoms with Crippen molar-refractivity contribution in [3.8, 4) is 0 Å². The van der Waals surface area contributed by atoms with E-state index in [4.69, 9.17) is 0 Å². The molecule has 0 saturated carbocycles. The second-order valence-electron chi connectivity index (χ2n) is 5.66. The minimum absolute atomic E-state index is 0.00210. The van der Waals surface area contributed by atoms with Crippen molar-refractivity contribution in [2.75, 3.05) is 11.9 Å². The van der Waals surface area contributed by atoms with Crippen LogP contribution in [0.3, 0.4) is 0 Å². The third-order valence-electron chi connectivity index (χ3n) is 3.80. The second kappa shape index (κ2) is 6.98. The molecule has 1 amide bonds. The summed E-state index contributed by atoms with van der Waals surface area (Å²) in [6.07, 6.45) is 3.87. The van der Waals surface area contributed by atoms with Crippen LogP contribution in [0.2, 0.25) is 0 Å². The summed E-state index contributed by atoms with van der Waals surface area (Å²) < 4.78 is 0. The molecular formula is C16H20N4OS. The highest BCUT2D eigenvalue weighted by Crippen LogP contribution is 2.19.